The molecule has 0 heterocycles. The molecule has 0 aliphatic rings. The van der Waals surface area contributed by atoms with Crippen LogP contribution < -0.4 is 5.32 Å². The lowest BCUT2D eigenvalue weighted by molar-refractivity contribution is -0.117. The maximum atomic E-state index is 13.3. The van der Waals surface area contributed by atoms with Crippen molar-refractivity contribution in [3.8, 4) is 0 Å². The second kappa shape index (κ2) is 7.86. The average molecular weight is 268 g/mol. The highest BCUT2D eigenvalue weighted by atomic mass is 19.1. The molecule has 0 saturated heterocycles. The molecule has 0 radical (unpaired) electrons. The summed E-state index contributed by atoms with van der Waals surface area (Å²) in [4.78, 5) is 13.7. The van der Waals surface area contributed by atoms with Crippen LogP contribution in [-0.2, 0) is 4.79 Å². The normalized spacial score (nSPS) is 10.8. The van der Waals surface area contributed by atoms with Gasteiger partial charge in [0.25, 0.3) is 0 Å². The maximum Gasteiger partial charge on any atom is 0.238 e. The molecule has 0 atom stereocenters. The molecule has 0 spiro atoms. The first-order valence-corrected chi connectivity index (χ1v) is 6.46. The molecule has 106 valence electrons. The molecule has 0 fully saturated rings. The third kappa shape index (κ3) is 5.36. The largest absolute Gasteiger partial charge is 0.396 e. The molecular weight excluding hydrogens is 247 g/mol. The first-order chi connectivity index (χ1) is 9.06. The van der Waals surface area contributed by atoms with Crippen molar-refractivity contribution in [1.82, 2.24) is 4.90 Å². The first kappa shape index (κ1) is 15.6. The summed E-state index contributed by atoms with van der Waals surface area (Å²) in [5, 5.41) is 11.4. The molecule has 19 heavy (non-hydrogen) atoms. The first-order valence-electron chi connectivity index (χ1n) is 6.46. The molecule has 1 aromatic carbocycles. The van der Waals surface area contributed by atoms with Gasteiger partial charge in [-0.25, -0.2) is 4.39 Å². The number of nitrogens with one attached hydrogen (secondary N) is 1. The number of nitrogens with zero attached hydrogens (tertiary/aromatic N) is 1. The smallest absolute Gasteiger partial charge is 0.238 e. The molecule has 1 rings (SSSR count). The molecule has 1 amide bonds. The van der Waals surface area contributed by atoms with Crippen molar-refractivity contribution in [2.24, 2.45) is 0 Å². The van der Waals surface area contributed by atoms with Crippen LogP contribution in [0.3, 0.4) is 0 Å². The summed E-state index contributed by atoms with van der Waals surface area (Å²) in [5.74, 6) is -0.506. The van der Waals surface area contributed by atoms with Gasteiger partial charge in [0, 0.05) is 18.8 Å². The van der Waals surface area contributed by atoms with E-state index in [1.165, 1.54) is 6.07 Å². The molecule has 5 heteroatoms. The molecule has 0 aromatic heterocycles. The average Bonchev–Trinajstić information content (AvgIpc) is 2.38. The van der Waals surface area contributed by atoms with Gasteiger partial charge in [0.05, 0.1) is 6.54 Å². The zero-order valence-electron chi connectivity index (χ0n) is 11.4. The van der Waals surface area contributed by atoms with Crippen LogP contribution in [0, 0.1) is 12.7 Å². The van der Waals surface area contributed by atoms with E-state index in [0.717, 1.165) is 6.54 Å². The van der Waals surface area contributed by atoms with Gasteiger partial charge in [0.1, 0.15) is 5.82 Å². The van der Waals surface area contributed by atoms with E-state index in [4.69, 9.17) is 5.11 Å². The Morgan fingerprint density at radius 2 is 2.21 bits per heavy atom. The second-order valence-electron chi connectivity index (χ2n) is 4.46. The van der Waals surface area contributed by atoms with Gasteiger partial charge in [0.2, 0.25) is 5.91 Å². The van der Waals surface area contributed by atoms with Gasteiger partial charge in [-0.15, -0.1) is 0 Å². The number of hydrogen-bond donors (Lipinski definition) is 2. The van der Waals surface area contributed by atoms with Crippen molar-refractivity contribution in [3.05, 3.63) is 29.6 Å². The summed E-state index contributed by atoms with van der Waals surface area (Å²) in [5.41, 5.74) is 1.02. The van der Waals surface area contributed by atoms with Gasteiger partial charge in [-0.3, -0.25) is 9.69 Å². The van der Waals surface area contributed by atoms with Gasteiger partial charge < -0.3 is 10.4 Å². The Balaban J connectivity index is 2.51. The van der Waals surface area contributed by atoms with Gasteiger partial charge >= 0.3 is 0 Å². The summed E-state index contributed by atoms with van der Waals surface area (Å²) >= 11 is 0. The number of likely N-dealkylation sites (N-methyl/N-ethyl adjacent to an activating group) is 1. The number of aliphatic hydroxyl groups excluding tert-OH is 1. The fourth-order valence-electron chi connectivity index (χ4n) is 1.72. The van der Waals surface area contributed by atoms with Crippen molar-refractivity contribution < 1.29 is 14.3 Å². The molecule has 0 aliphatic heterocycles. The Kier molecular flexibility index (Phi) is 6.45. The molecule has 0 unspecified atom stereocenters. The molecule has 4 nitrogen and oxygen atoms in total. The molecule has 0 bridgehead atoms. The third-order valence-corrected chi connectivity index (χ3v) is 2.90. The number of aryl methyl sites for hydroxylation is 1. The Hall–Kier alpha value is -1.46. The molecular formula is C14H21FN2O2. The summed E-state index contributed by atoms with van der Waals surface area (Å²) in [6.45, 7) is 5.39. The summed E-state index contributed by atoms with van der Waals surface area (Å²) in [6.07, 6.45) is 0.639. The fraction of sp³-hybridized carbons (Fsp3) is 0.500. The number of rotatable bonds is 7. The minimum Gasteiger partial charge on any atom is -0.396 e. The number of amides is 1. The lowest BCUT2D eigenvalue weighted by atomic mass is 10.2. The van der Waals surface area contributed by atoms with Crippen molar-refractivity contribution >= 4 is 11.6 Å². The van der Waals surface area contributed by atoms with Crippen LogP contribution in [0.4, 0.5) is 10.1 Å². The molecule has 0 aliphatic carbocycles. The van der Waals surface area contributed by atoms with Gasteiger partial charge in [0.15, 0.2) is 0 Å². The van der Waals surface area contributed by atoms with E-state index in [-0.39, 0.29) is 24.9 Å². The van der Waals surface area contributed by atoms with E-state index in [1.54, 1.807) is 19.1 Å². The number of aliphatic hydroxyl groups is 1. The van der Waals surface area contributed by atoms with Crippen LogP contribution in [-0.4, -0.2) is 42.2 Å². The topological polar surface area (TPSA) is 52.6 Å². The van der Waals surface area contributed by atoms with Crippen LogP contribution in [0.5, 0.6) is 0 Å². The zero-order valence-corrected chi connectivity index (χ0v) is 11.4. The predicted molar refractivity (Wildman–Crippen MR) is 73.6 cm³/mol. The quantitative estimate of drug-likeness (QED) is 0.792. The van der Waals surface area contributed by atoms with Crippen LogP contribution in [0.15, 0.2) is 18.2 Å². The number of hydrogen-bond acceptors (Lipinski definition) is 3. The van der Waals surface area contributed by atoms with Crippen molar-refractivity contribution in [3.63, 3.8) is 0 Å². The maximum absolute atomic E-state index is 13.3. The minimum atomic E-state index is -0.328. The van der Waals surface area contributed by atoms with E-state index in [2.05, 4.69) is 5.32 Å². The fourth-order valence-corrected chi connectivity index (χ4v) is 1.72. The van der Waals surface area contributed by atoms with Gasteiger partial charge in [-0.05, 0) is 37.6 Å². The molecule has 1 aromatic rings. The molecule has 2 N–H and O–H groups in total. The lowest BCUT2D eigenvalue weighted by Crippen LogP contribution is -2.34. The van der Waals surface area contributed by atoms with E-state index in [1.807, 2.05) is 11.8 Å². The Morgan fingerprint density at radius 3 is 2.79 bits per heavy atom. The number of anilines is 1. The Labute approximate surface area is 113 Å². The van der Waals surface area contributed by atoms with E-state index < -0.39 is 0 Å². The third-order valence-electron chi connectivity index (χ3n) is 2.90. The van der Waals surface area contributed by atoms with Gasteiger partial charge in [-0.2, -0.15) is 0 Å². The SMILES string of the molecule is CCN(CCCO)CC(=O)Nc1ccc(C)c(F)c1. The van der Waals surface area contributed by atoms with Crippen LogP contribution in [0.1, 0.15) is 18.9 Å². The van der Waals surface area contributed by atoms with Crippen molar-refractivity contribution in [2.75, 3.05) is 31.6 Å². The minimum absolute atomic E-state index is 0.112. The van der Waals surface area contributed by atoms with Crippen LogP contribution >= 0.6 is 0 Å². The summed E-state index contributed by atoms with van der Waals surface area (Å²) in [6, 6.07) is 4.63. The highest BCUT2D eigenvalue weighted by Crippen LogP contribution is 2.13. The van der Waals surface area contributed by atoms with Crippen molar-refractivity contribution in [2.45, 2.75) is 20.3 Å². The predicted octanol–water partition coefficient (Wildman–Crippen LogP) is 1.78. The second-order valence-corrected chi connectivity index (χ2v) is 4.46. The highest BCUT2D eigenvalue weighted by molar-refractivity contribution is 5.92. The van der Waals surface area contributed by atoms with Crippen LogP contribution in [0.2, 0.25) is 0 Å². The number of benzene rings is 1. The Morgan fingerprint density at radius 1 is 1.47 bits per heavy atom. The standard InChI is InChI=1S/C14H21FN2O2/c1-3-17(7-4-8-18)10-14(19)16-12-6-5-11(2)13(15)9-12/h5-6,9,18H,3-4,7-8,10H2,1-2H3,(H,16,19). The monoisotopic (exact) mass is 268 g/mol. The summed E-state index contributed by atoms with van der Waals surface area (Å²) in [7, 11) is 0. The van der Waals surface area contributed by atoms with E-state index >= 15 is 0 Å². The van der Waals surface area contributed by atoms with E-state index in [9.17, 15) is 9.18 Å². The molecule has 0 saturated carbocycles. The zero-order chi connectivity index (χ0) is 14.3. The van der Waals surface area contributed by atoms with Gasteiger partial charge in [-0.1, -0.05) is 13.0 Å². The number of carbonyl (C=O) groups excluding carboxylic acids is 1. The summed E-state index contributed by atoms with van der Waals surface area (Å²) < 4.78 is 13.3. The number of halogens is 1. The number of carbonyl (C=O) groups is 1. The van der Waals surface area contributed by atoms with Crippen molar-refractivity contribution in [1.29, 1.82) is 0 Å². The highest BCUT2D eigenvalue weighted by Gasteiger charge is 2.09. The lowest BCUT2D eigenvalue weighted by Gasteiger charge is -2.19. The van der Waals surface area contributed by atoms with E-state index in [0.29, 0.717) is 24.2 Å². The van der Waals surface area contributed by atoms with Crippen LogP contribution in [0.25, 0.3) is 0 Å². The Bertz CT molecular complexity index is 424.